The summed E-state index contributed by atoms with van der Waals surface area (Å²) < 4.78 is 20.9. The van der Waals surface area contributed by atoms with Gasteiger partial charge in [0.2, 0.25) is 5.91 Å². The Morgan fingerprint density at radius 2 is 1.76 bits per heavy atom. The number of carbonyl (C=O) groups excluding carboxylic acids is 1. The van der Waals surface area contributed by atoms with Gasteiger partial charge in [-0.15, -0.1) is 0 Å². The molecule has 0 atom stereocenters. The van der Waals surface area contributed by atoms with Crippen LogP contribution in [0.3, 0.4) is 0 Å². The first-order chi connectivity index (χ1) is 10.1. The molecule has 0 aliphatic heterocycles. The second kappa shape index (κ2) is 9.04. The van der Waals surface area contributed by atoms with Gasteiger partial charge in [-0.3, -0.25) is 4.79 Å². The number of hydrogen-bond acceptors (Lipinski definition) is 6. The number of nitrogens with one attached hydrogen (secondary N) is 1. The summed E-state index contributed by atoms with van der Waals surface area (Å²) in [6.07, 6.45) is 0. The molecule has 1 amide bonds. The lowest BCUT2D eigenvalue weighted by atomic mass is 10.1. The lowest BCUT2D eigenvalue weighted by molar-refractivity contribution is -0.122. The van der Waals surface area contributed by atoms with Crippen molar-refractivity contribution in [3.63, 3.8) is 0 Å². The van der Waals surface area contributed by atoms with E-state index in [1.807, 2.05) is 0 Å². The third kappa shape index (κ3) is 5.49. The lowest BCUT2D eigenvalue weighted by Crippen LogP contribution is -2.24. The molecule has 3 N–H and O–H groups in total. The zero-order valence-corrected chi connectivity index (χ0v) is 12.6. The van der Waals surface area contributed by atoms with E-state index in [0.717, 1.165) is 5.56 Å². The van der Waals surface area contributed by atoms with Crippen LogP contribution in [0.4, 0.5) is 0 Å². The predicted octanol–water partition coefficient (Wildman–Crippen LogP) is 0.304. The quantitative estimate of drug-likeness (QED) is 0.604. The number of ether oxygens (including phenoxy) is 4. The Morgan fingerprint density at radius 3 is 2.24 bits per heavy atom. The van der Waals surface area contributed by atoms with Crippen LogP contribution in [0.5, 0.6) is 17.2 Å². The number of benzene rings is 1. The van der Waals surface area contributed by atoms with Crippen LogP contribution in [0, 0.1) is 0 Å². The summed E-state index contributed by atoms with van der Waals surface area (Å²) in [6, 6.07) is 3.59. The highest BCUT2D eigenvalue weighted by Crippen LogP contribution is 2.33. The Kier molecular flexibility index (Phi) is 7.34. The number of amides is 1. The molecule has 1 aromatic rings. The normalized spacial score (nSPS) is 10.2. The van der Waals surface area contributed by atoms with Crippen molar-refractivity contribution in [3.05, 3.63) is 17.7 Å². The Morgan fingerprint density at radius 1 is 1.14 bits per heavy atom. The van der Waals surface area contributed by atoms with Crippen LogP contribution in [0.15, 0.2) is 12.1 Å². The largest absolute Gasteiger partial charge is 0.496 e. The van der Waals surface area contributed by atoms with Crippen molar-refractivity contribution in [3.8, 4) is 17.2 Å². The molecule has 1 rings (SSSR count). The van der Waals surface area contributed by atoms with Crippen molar-refractivity contribution in [2.75, 3.05) is 41.1 Å². The predicted molar refractivity (Wildman–Crippen MR) is 77.8 cm³/mol. The summed E-state index contributed by atoms with van der Waals surface area (Å²) in [4.78, 5) is 10.5. The average Bonchev–Trinajstić information content (AvgIpc) is 2.49. The average molecular weight is 298 g/mol. The molecule has 7 nitrogen and oxygen atoms in total. The van der Waals surface area contributed by atoms with Crippen molar-refractivity contribution >= 4 is 5.91 Å². The van der Waals surface area contributed by atoms with Crippen LogP contribution >= 0.6 is 0 Å². The number of hydrogen-bond donors (Lipinski definition) is 2. The van der Waals surface area contributed by atoms with Gasteiger partial charge in [0.15, 0.2) is 0 Å². The standard InChI is InChI=1S/C14H22N2O5/c1-18-10-6-12(19-2)11(13(7-10)20-3)8-16-4-5-21-9-14(15)17/h6-7,16H,4-5,8-9H2,1-3H3,(H2,15,17). The zero-order valence-electron chi connectivity index (χ0n) is 12.6. The van der Waals surface area contributed by atoms with Crippen LogP contribution in [-0.4, -0.2) is 47.0 Å². The first kappa shape index (κ1) is 17.1. The maximum atomic E-state index is 10.5. The number of carbonyl (C=O) groups is 1. The third-order valence-electron chi connectivity index (χ3n) is 2.79. The summed E-state index contributed by atoms with van der Waals surface area (Å²) in [5.41, 5.74) is 5.86. The molecule has 1 aromatic carbocycles. The summed E-state index contributed by atoms with van der Waals surface area (Å²) >= 11 is 0. The number of nitrogens with two attached hydrogens (primary N) is 1. The second-order valence-corrected chi connectivity index (χ2v) is 4.21. The molecule has 0 bridgehead atoms. The Bertz CT molecular complexity index is 440. The fourth-order valence-corrected chi connectivity index (χ4v) is 1.78. The molecule has 21 heavy (non-hydrogen) atoms. The van der Waals surface area contributed by atoms with Gasteiger partial charge in [-0.25, -0.2) is 0 Å². The summed E-state index contributed by atoms with van der Waals surface area (Å²) in [7, 11) is 4.77. The number of primary amides is 1. The van der Waals surface area contributed by atoms with Crippen molar-refractivity contribution in [2.24, 2.45) is 5.73 Å². The Hall–Kier alpha value is -1.99. The molecule has 0 radical (unpaired) electrons. The van der Waals surface area contributed by atoms with E-state index >= 15 is 0 Å². The second-order valence-electron chi connectivity index (χ2n) is 4.21. The zero-order chi connectivity index (χ0) is 15.7. The van der Waals surface area contributed by atoms with E-state index < -0.39 is 5.91 Å². The van der Waals surface area contributed by atoms with Crippen LogP contribution in [0.2, 0.25) is 0 Å². The van der Waals surface area contributed by atoms with Crippen molar-refractivity contribution < 1.29 is 23.7 Å². The van der Waals surface area contributed by atoms with E-state index in [-0.39, 0.29) is 6.61 Å². The van der Waals surface area contributed by atoms with Crippen molar-refractivity contribution in [2.45, 2.75) is 6.54 Å². The Labute approximate surface area is 124 Å². The van der Waals surface area contributed by atoms with Crippen LogP contribution in [0.25, 0.3) is 0 Å². The minimum absolute atomic E-state index is 0.0726. The van der Waals surface area contributed by atoms with E-state index in [1.54, 1.807) is 33.5 Å². The maximum Gasteiger partial charge on any atom is 0.243 e. The van der Waals surface area contributed by atoms with E-state index in [1.165, 1.54) is 0 Å². The Balaban J connectivity index is 2.58. The smallest absolute Gasteiger partial charge is 0.243 e. The molecule has 0 aromatic heterocycles. The fraction of sp³-hybridized carbons (Fsp3) is 0.500. The van der Waals surface area contributed by atoms with Gasteiger partial charge in [0, 0.05) is 25.2 Å². The minimum Gasteiger partial charge on any atom is -0.496 e. The van der Waals surface area contributed by atoms with Gasteiger partial charge >= 0.3 is 0 Å². The molecule has 7 heteroatoms. The van der Waals surface area contributed by atoms with Gasteiger partial charge in [-0.05, 0) is 0 Å². The van der Waals surface area contributed by atoms with Gasteiger partial charge < -0.3 is 30.0 Å². The van der Waals surface area contributed by atoms with Gasteiger partial charge in [-0.2, -0.15) is 0 Å². The van der Waals surface area contributed by atoms with Crippen LogP contribution in [0.1, 0.15) is 5.56 Å². The highest BCUT2D eigenvalue weighted by Gasteiger charge is 2.12. The van der Waals surface area contributed by atoms with E-state index in [9.17, 15) is 4.79 Å². The molecule has 0 aliphatic rings. The molecule has 0 spiro atoms. The van der Waals surface area contributed by atoms with Gasteiger partial charge in [-0.1, -0.05) is 0 Å². The topological polar surface area (TPSA) is 92.0 Å². The first-order valence-corrected chi connectivity index (χ1v) is 6.48. The van der Waals surface area contributed by atoms with Gasteiger partial charge in [0.1, 0.15) is 23.9 Å². The minimum atomic E-state index is -0.478. The summed E-state index contributed by atoms with van der Waals surface area (Å²) in [5.74, 6) is 1.54. The molecule has 0 fully saturated rings. The maximum absolute atomic E-state index is 10.5. The number of methoxy groups -OCH3 is 3. The molecule has 0 aliphatic carbocycles. The van der Waals surface area contributed by atoms with E-state index in [2.05, 4.69) is 5.32 Å². The van der Waals surface area contributed by atoms with E-state index in [4.69, 9.17) is 24.7 Å². The van der Waals surface area contributed by atoms with Gasteiger partial charge in [0.25, 0.3) is 0 Å². The van der Waals surface area contributed by atoms with Crippen molar-refractivity contribution in [1.82, 2.24) is 5.32 Å². The fourth-order valence-electron chi connectivity index (χ4n) is 1.78. The molecule has 0 saturated heterocycles. The molecule has 0 unspecified atom stereocenters. The van der Waals surface area contributed by atoms with Crippen LogP contribution in [-0.2, 0) is 16.1 Å². The van der Waals surface area contributed by atoms with Crippen LogP contribution < -0.4 is 25.3 Å². The molecule has 118 valence electrons. The molecular formula is C14H22N2O5. The molecular weight excluding hydrogens is 276 g/mol. The number of rotatable bonds is 10. The highest BCUT2D eigenvalue weighted by atomic mass is 16.5. The monoisotopic (exact) mass is 298 g/mol. The first-order valence-electron chi connectivity index (χ1n) is 6.48. The SMILES string of the molecule is COc1cc(OC)c(CNCCOCC(N)=O)c(OC)c1. The molecule has 0 heterocycles. The summed E-state index contributed by atoms with van der Waals surface area (Å²) in [6.45, 7) is 1.43. The van der Waals surface area contributed by atoms with E-state index in [0.29, 0.717) is 36.9 Å². The van der Waals surface area contributed by atoms with Gasteiger partial charge in [0.05, 0.1) is 33.5 Å². The lowest BCUT2D eigenvalue weighted by Gasteiger charge is -2.15. The molecule has 0 saturated carbocycles. The highest BCUT2D eigenvalue weighted by molar-refractivity contribution is 5.74. The third-order valence-corrected chi connectivity index (χ3v) is 2.79. The van der Waals surface area contributed by atoms with Crippen molar-refractivity contribution in [1.29, 1.82) is 0 Å². The summed E-state index contributed by atoms with van der Waals surface area (Å²) in [5, 5.41) is 3.18.